The van der Waals surface area contributed by atoms with Gasteiger partial charge in [0.1, 0.15) is 23.6 Å². The molecule has 610 valence electrons. The molecule has 0 saturated carbocycles. The number of amides is 5. The topological polar surface area (TPSA) is 439 Å². The Labute approximate surface area is 704 Å². The lowest BCUT2D eigenvalue weighted by atomic mass is 10.1. The first-order valence-electron chi connectivity index (χ1n) is 35.2. The molecule has 12 rings (SSSR count). The van der Waals surface area contributed by atoms with Crippen LogP contribution in [0, 0.1) is 41.5 Å². The average Bonchev–Trinajstić information content (AvgIpc) is 0.807. The lowest BCUT2D eigenvalue weighted by molar-refractivity contribution is 0.0537. The molecule has 14 N–H and O–H groups in total. The number of aliphatic hydroxyl groups is 3. The number of nitrogen functional groups attached to an aromatic ring is 3. The van der Waals surface area contributed by atoms with E-state index in [0.29, 0.717) is 80.1 Å². The first kappa shape index (κ1) is 90.3. The van der Waals surface area contributed by atoms with E-state index in [1.807, 2.05) is 0 Å². The number of piperidine rings is 3. The minimum Gasteiger partial charge on any atom is -0.527 e. The molecule has 41 heteroatoms. The van der Waals surface area contributed by atoms with Gasteiger partial charge >= 0.3 is 22.1 Å². The van der Waals surface area contributed by atoms with Gasteiger partial charge in [-0.25, -0.2) is 18.0 Å². The molecule has 3 saturated heterocycles. The van der Waals surface area contributed by atoms with Crippen molar-refractivity contribution < 1.29 is 85.9 Å². The van der Waals surface area contributed by atoms with Crippen molar-refractivity contribution in [3.8, 4) is 41.3 Å². The lowest BCUT2D eigenvalue weighted by Gasteiger charge is -2.29. The largest absolute Gasteiger partial charge is 0.527 e. The summed E-state index contributed by atoms with van der Waals surface area (Å²) < 4.78 is 67.9. The molecular formula is C77H68B2Cl6F3N15O15. The van der Waals surface area contributed by atoms with Gasteiger partial charge in [-0.1, -0.05) is 69.6 Å². The molecule has 6 heterocycles. The molecule has 3 aromatic heterocycles. The Kier molecular flexibility index (Phi) is 32.9. The van der Waals surface area contributed by atoms with Crippen molar-refractivity contribution in [1.82, 2.24) is 45.7 Å². The van der Waals surface area contributed by atoms with E-state index < -0.39 is 59.5 Å². The highest BCUT2D eigenvalue weighted by Crippen LogP contribution is 2.40. The summed E-state index contributed by atoms with van der Waals surface area (Å²) in [4.78, 5) is 77.9. The van der Waals surface area contributed by atoms with Crippen LogP contribution in [-0.4, -0.2) is 170 Å². The molecule has 3 aliphatic rings. The van der Waals surface area contributed by atoms with Crippen LogP contribution in [0.4, 0.5) is 47.7 Å². The van der Waals surface area contributed by atoms with Crippen LogP contribution in [0.3, 0.4) is 0 Å². The fourth-order valence-electron chi connectivity index (χ4n) is 11.2. The number of carbonyl (C=O) groups is 6. The molecule has 3 aliphatic heterocycles. The highest BCUT2D eigenvalue weighted by molar-refractivity contribution is 6.37. The third kappa shape index (κ3) is 24.7. The number of likely N-dealkylation sites (tertiary alicyclic amines) is 2. The van der Waals surface area contributed by atoms with E-state index in [1.54, 1.807) is 65.3 Å². The third-order valence-corrected chi connectivity index (χ3v) is 19.6. The van der Waals surface area contributed by atoms with Crippen molar-refractivity contribution in [1.29, 1.82) is 0 Å². The van der Waals surface area contributed by atoms with Gasteiger partial charge in [-0.15, -0.1) is 30.6 Å². The Morgan fingerprint density at radius 1 is 0.466 bits per heavy atom. The van der Waals surface area contributed by atoms with Crippen LogP contribution < -0.4 is 52.7 Å². The second kappa shape index (κ2) is 43.0. The first-order chi connectivity index (χ1) is 56.4. The summed E-state index contributed by atoms with van der Waals surface area (Å²) in [6, 6.07) is 29.0. The van der Waals surface area contributed by atoms with E-state index >= 15 is 0 Å². The summed E-state index contributed by atoms with van der Waals surface area (Å²) in [5.74, 6) is -1.32. The first-order valence-corrected chi connectivity index (χ1v) is 37.5. The number of halogens is 9. The van der Waals surface area contributed by atoms with E-state index in [2.05, 4.69) is 85.2 Å². The van der Waals surface area contributed by atoms with Crippen LogP contribution in [0.2, 0.25) is 30.1 Å². The molecule has 0 spiro atoms. The van der Waals surface area contributed by atoms with Gasteiger partial charge in [-0.05, 0) is 180 Å². The van der Waals surface area contributed by atoms with E-state index in [-0.39, 0.29) is 134 Å². The number of aromatic carboxylic acids is 1. The highest BCUT2D eigenvalue weighted by atomic mass is 35.5. The highest BCUT2D eigenvalue weighted by Gasteiger charge is 2.30. The molecule has 30 nitrogen and oxygen atoms in total. The second-order valence-electron chi connectivity index (χ2n) is 25.6. The molecular weight excluding hydrogens is 1670 g/mol. The van der Waals surface area contributed by atoms with E-state index in [1.165, 1.54) is 60.7 Å². The van der Waals surface area contributed by atoms with Crippen molar-refractivity contribution >= 4 is 156 Å². The van der Waals surface area contributed by atoms with E-state index in [4.69, 9.17) is 127 Å². The molecule has 5 amide bonds. The molecule has 3 atom stereocenters. The molecule has 4 radical (unpaired) electrons. The SMILES string of the molecule is C[C@@H](Oc1cc(C(=O)Nc2ccc(C(=O)N3CCC(O)CC3)cc2)nnc1N)c1c(Cl)ccc(F)c1Cl.OC1CCNCC1.[B]OC#C[C@@H](Oc1cc(C(=O)Nc2ccc(C(=O)N3CCC(O)CC3)cc2)nnc1N)c1c(Cl)ccc(F)c1Cl.[B]OC#C[C@@H](Oc1cc(C(=O)Nc2ccc(C(=O)O)cc2)nnc1N)c1c(Cl)ccc(F)c1Cl. The van der Waals surface area contributed by atoms with Crippen molar-refractivity contribution in [3.05, 3.63) is 225 Å². The number of nitrogens with one attached hydrogen (secondary N) is 4. The summed E-state index contributed by atoms with van der Waals surface area (Å²) >= 11 is 36.7. The number of aromatic nitrogens is 6. The van der Waals surface area contributed by atoms with Crippen molar-refractivity contribution in [2.75, 3.05) is 72.4 Å². The van der Waals surface area contributed by atoms with Gasteiger partial charge < -0.3 is 92.2 Å². The van der Waals surface area contributed by atoms with Crippen LogP contribution in [-0.2, 0) is 9.31 Å². The Morgan fingerprint density at radius 3 is 1.08 bits per heavy atom. The molecule has 0 unspecified atom stereocenters. The number of rotatable bonds is 18. The van der Waals surface area contributed by atoms with Crippen LogP contribution in [0.5, 0.6) is 17.2 Å². The van der Waals surface area contributed by atoms with Crippen LogP contribution in [0.25, 0.3) is 0 Å². The maximum atomic E-state index is 14.1. The van der Waals surface area contributed by atoms with Gasteiger partial charge in [0.05, 0.1) is 61.2 Å². The van der Waals surface area contributed by atoms with Gasteiger partial charge in [0, 0.05) is 94.3 Å². The molecule has 6 aromatic carbocycles. The number of carboxylic acids is 1. The lowest BCUT2D eigenvalue weighted by Crippen LogP contribution is -2.40. The summed E-state index contributed by atoms with van der Waals surface area (Å²) in [7, 11) is 9.94. The number of nitrogens with zero attached hydrogens (tertiary/aromatic N) is 8. The van der Waals surface area contributed by atoms with Crippen LogP contribution >= 0.6 is 69.6 Å². The minimum absolute atomic E-state index is 0.0227. The zero-order valence-electron chi connectivity index (χ0n) is 61.7. The maximum Gasteiger partial charge on any atom is 0.392 e. The second-order valence-corrected chi connectivity index (χ2v) is 28.0. The van der Waals surface area contributed by atoms with Gasteiger partial charge in [0.2, 0.25) is 0 Å². The minimum atomic E-state index is -1.31. The number of hydrogen-bond acceptors (Lipinski definition) is 24. The van der Waals surface area contributed by atoms with E-state index in [9.17, 15) is 52.2 Å². The zero-order valence-corrected chi connectivity index (χ0v) is 66.3. The Hall–Kier alpha value is -11.6. The third-order valence-electron chi connectivity index (χ3n) is 17.5. The summed E-state index contributed by atoms with van der Waals surface area (Å²) in [5.41, 5.74) is 19.4. The monoisotopic (exact) mass is 1730 g/mol. The number of carbonyl (C=O) groups excluding carboxylic acids is 5. The number of carboxylic acid groups (broad SMARTS) is 1. The van der Waals surface area contributed by atoms with Crippen molar-refractivity contribution in [3.63, 3.8) is 0 Å². The molecule has 9 aromatic rings. The normalized spacial score (nSPS) is 14.1. The van der Waals surface area contributed by atoms with Gasteiger partial charge in [-0.2, -0.15) is 0 Å². The number of benzene rings is 6. The van der Waals surface area contributed by atoms with Crippen molar-refractivity contribution in [2.24, 2.45) is 0 Å². The maximum absolute atomic E-state index is 14.1. The van der Waals surface area contributed by atoms with Gasteiger partial charge in [0.25, 0.3) is 29.5 Å². The van der Waals surface area contributed by atoms with Crippen LogP contribution in [0.1, 0.15) is 143 Å². The molecule has 0 bridgehead atoms. The Bertz CT molecular complexity index is 5260. The number of hydrogen-bond donors (Lipinski definition) is 11. The smallest absolute Gasteiger partial charge is 0.392 e. The number of ether oxygens (including phenoxy) is 3. The molecule has 3 fully saturated rings. The summed E-state index contributed by atoms with van der Waals surface area (Å²) in [6.45, 7) is 5.51. The fourth-order valence-corrected chi connectivity index (χ4v) is 13.0. The number of anilines is 6. The van der Waals surface area contributed by atoms with Gasteiger partial charge in [-0.3, -0.25) is 24.0 Å². The van der Waals surface area contributed by atoms with Gasteiger partial charge in [0.15, 0.2) is 64.0 Å². The van der Waals surface area contributed by atoms with Crippen molar-refractivity contribution in [2.45, 2.75) is 82.1 Å². The number of aliphatic hydroxyl groups excluding tert-OH is 3. The predicted octanol–water partition coefficient (Wildman–Crippen LogP) is 11.4. The van der Waals surface area contributed by atoms with Crippen LogP contribution in [0.15, 0.2) is 127 Å². The Morgan fingerprint density at radius 2 is 0.771 bits per heavy atom. The predicted molar refractivity (Wildman–Crippen MR) is 434 cm³/mol. The zero-order chi connectivity index (χ0) is 85.4. The number of nitrogens with two attached hydrogens (primary N) is 3. The molecule has 118 heavy (non-hydrogen) atoms. The van der Waals surface area contributed by atoms with E-state index in [0.717, 1.165) is 44.1 Å². The molecule has 0 aliphatic carbocycles. The Balaban J connectivity index is 0.000000194. The quantitative estimate of drug-likeness (QED) is 0.0216. The summed E-state index contributed by atoms with van der Waals surface area (Å²) in [6.07, 6.45) is 4.04. The fraction of sp³-hybridized carbons (Fsp3) is 0.247. The summed E-state index contributed by atoms with van der Waals surface area (Å²) in [5, 5.41) is 70.1. The average molecular weight is 1730 g/mol. The standard InChI is InChI=1S/C26H21BCl2FN5O5.C25H24Cl2FN5O4.C21H12BCl2FN4O5.C5H11NO/c27-39-12-9-20(22-17(28)5-6-18(30)23(22)29)40-21-13-19(33-34-24(21)31)25(37)32-15-3-1-14(2-4-15)26(38)35-10-7-16(36)8-11-35;1-13(21-17(26)6-7-18(28)22(21)27)37-20-12-19(31-32-23(20)29)24(35)30-15-4-2-14(3-5-15)25(36)33-10-8-16(34)9-11-33;22-33-8-7-15(17-12(23)5-6-13(25)18(17)24)34-16-9-14(28-29-19(16)26)20(30)27-11-3-1-10(2-4-11)21(31)32;7-5-1-3-6-4-2-5/h1-6,13,16,20,36H,7-8,10-11H2,(H2,31,34)(H,32,37);2-7,12-13,16,34H,8-11H2,1H3,(H2,29,32)(H,30,35);1-6,9,15H,(H2,26,29)(H,27,30)(H,31,32);5-7H,1-4H2/t20-;13-;15-;/m111./s1.